The molecule has 3 aromatic rings. The van der Waals surface area contributed by atoms with E-state index in [4.69, 9.17) is 5.11 Å². The number of aromatic amines is 2. The van der Waals surface area contributed by atoms with Crippen molar-refractivity contribution in [2.45, 2.75) is 26.3 Å². The molecule has 3 N–H and O–H groups in total. The number of nitrogens with zero attached hydrogens (tertiary/aromatic N) is 2. The first-order valence-electron chi connectivity index (χ1n) is 7.58. The fourth-order valence-electron chi connectivity index (χ4n) is 2.44. The van der Waals surface area contributed by atoms with Crippen LogP contribution in [0.5, 0.6) is 0 Å². The van der Waals surface area contributed by atoms with E-state index in [1.807, 2.05) is 6.92 Å². The standard InChI is InChI=1S/C16H16N4O4/c1-2-3-8-20-14(21)11-13(19-16(20)24)18-12(17-11)9-4-6-10(7-5-9)15(22)23/h4-7H,2-3,8H2,1H3,(H,17,18)(H,19,24)(H,22,23). The number of hydrogen-bond donors (Lipinski definition) is 3. The highest BCUT2D eigenvalue weighted by molar-refractivity contribution is 5.88. The zero-order valence-corrected chi connectivity index (χ0v) is 13.0. The molecule has 24 heavy (non-hydrogen) atoms. The van der Waals surface area contributed by atoms with Crippen LogP contribution in [0.1, 0.15) is 30.1 Å². The lowest BCUT2D eigenvalue weighted by atomic mass is 10.1. The van der Waals surface area contributed by atoms with Crippen LogP contribution in [-0.4, -0.2) is 30.6 Å². The number of fused-ring (bicyclic) bond motifs is 1. The van der Waals surface area contributed by atoms with Crippen LogP contribution in [0.2, 0.25) is 0 Å². The lowest BCUT2D eigenvalue weighted by Gasteiger charge is -2.01. The van der Waals surface area contributed by atoms with Gasteiger partial charge in [-0.05, 0) is 18.6 Å². The number of hydrogen-bond acceptors (Lipinski definition) is 4. The van der Waals surface area contributed by atoms with Crippen molar-refractivity contribution in [3.8, 4) is 11.4 Å². The molecule has 0 fully saturated rings. The molecule has 0 aliphatic rings. The zero-order valence-electron chi connectivity index (χ0n) is 13.0. The van der Waals surface area contributed by atoms with Gasteiger partial charge in [0.15, 0.2) is 5.65 Å². The Kier molecular flexibility index (Phi) is 4.03. The van der Waals surface area contributed by atoms with E-state index in [-0.39, 0.29) is 16.7 Å². The predicted molar refractivity (Wildman–Crippen MR) is 88.3 cm³/mol. The van der Waals surface area contributed by atoms with Crippen LogP contribution in [0.25, 0.3) is 22.6 Å². The van der Waals surface area contributed by atoms with Crippen LogP contribution < -0.4 is 11.2 Å². The zero-order chi connectivity index (χ0) is 17.3. The molecule has 0 unspecified atom stereocenters. The molecule has 1 aromatic carbocycles. The second-order valence-electron chi connectivity index (χ2n) is 5.43. The summed E-state index contributed by atoms with van der Waals surface area (Å²) in [6.07, 6.45) is 1.60. The topological polar surface area (TPSA) is 121 Å². The van der Waals surface area contributed by atoms with E-state index >= 15 is 0 Å². The van der Waals surface area contributed by atoms with Gasteiger partial charge in [0.25, 0.3) is 5.56 Å². The SMILES string of the molecule is CCCCn1c(=O)[nH]c2nc(-c3ccc(C(=O)O)cc3)[nH]c2c1=O. The van der Waals surface area contributed by atoms with E-state index in [1.54, 1.807) is 12.1 Å². The minimum atomic E-state index is -1.02. The molecule has 8 nitrogen and oxygen atoms in total. The first kappa shape index (κ1) is 15.7. The van der Waals surface area contributed by atoms with Crippen LogP contribution >= 0.6 is 0 Å². The van der Waals surface area contributed by atoms with E-state index < -0.39 is 17.2 Å². The van der Waals surface area contributed by atoms with Crippen LogP contribution in [0, 0.1) is 0 Å². The van der Waals surface area contributed by atoms with Crippen molar-refractivity contribution in [2.24, 2.45) is 0 Å². The van der Waals surface area contributed by atoms with Crippen molar-refractivity contribution in [1.29, 1.82) is 0 Å². The Morgan fingerprint density at radius 2 is 1.92 bits per heavy atom. The summed E-state index contributed by atoms with van der Waals surface area (Å²) in [5, 5.41) is 8.92. The Bertz CT molecular complexity index is 1010. The van der Waals surface area contributed by atoms with Crippen LogP contribution in [0.15, 0.2) is 33.9 Å². The molecule has 8 heteroatoms. The van der Waals surface area contributed by atoms with Crippen molar-refractivity contribution < 1.29 is 9.90 Å². The Morgan fingerprint density at radius 1 is 1.21 bits per heavy atom. The summed E-state index contributed by atoms with van der Waals surface area (Å²) in [6.45, 7) is 2.33. The summed E-state index contributed by atoms with van der Waals surface area (Å²) in [7, 11) is 0. The maximum atomic E-state index is 12.4. The van der Waals surface area contributed by atoms with Crippen LogP contribution in [-0.2, 0) is 6.54 Å². The largest absolute Gasteiger partial charge is 0.478 e. The number of aromatic carboxylic acids is 1. The molecule has 124 valence electrons. The predicted octanol–water partition coefficient (Wildman–Crippen LogP) is 1.58. The van der Waals surface area contributed by atoms with Gasteiger partial charge >= 0.3 is 11.7 Å². The van der Waals surface area contributed by atoms with Gasteiger partial charge in [0.2, 0.25) is 0 Å². The number of carboxylic acid groups (broad SMARTS) is 1. The quantitative estimate of drug-likeness (QED) is 0.656. The molecular weight excluding hydrogens is 312 g/mol. The van der Waals surface area contributed by atoms with Crippen molar-refractivity contribution >= 4 is 17.1 Å². The lowest BCUT2D eigenvalue weighted by molar-refractivity contribution is 0.0697. The first-order chi connectivity index (χ1) is 11.5. The lowest BCUT2D eigenvalue weighted by Crippen LogP contribution is -2.35. The number of benzene rings is 1. The molecular formula is C16H16N4O4. The maximum Gasteiger partial charge on any atom is 0.335 e. The number of carboxylic acids is 1. The highest BCUT2D eigenvalue weighted by atomic mass is 16.4. The number of nitrogens with one attached hydrogen (secondary N) is 2. The Labute approximate surface area is 135 Å². The van der Waals surface area contributed by atoms with Gasteiger partial charge in [-0.3, -0.25) is 14.3 Å². The molecule has 0 saturated heterocycles. The average molecular weight is 328 g/mol. The average Bonchev–Trinajstić information content (AvgIpc) is 2.99. The van der Waals surface area contributed by atoms with E-state index in [0.29, 0.717) is 17.9 Å². The summed E-state index contributed by atoms with van der Waals surface area (Å²) in [5.74, 6) is -0.628. The third-order valence-corrected chi connectivity index (χ3v) is 3.77. The second-order valence-corrected chi connectivity index (χ2v) is 5.43. The number of H-pyrrole nitrogens is 2. The third-order valence-electron chi connectivity index (χ3n) is 3.77. The van der Waals surface area contributed by atoms with Gasteiger partial charge in [0.05, 0.1) is 5.56 Å². The van der Waals surface area contributed by atoms with Crippen LogP contribution in [0.3, 0.4) is 0 Å². The Morgan fingerprint density at radius 3 is 2.54 bits per heavy atom. The second kappa shape index (κ2) is 6.15. The molecule has 0 aliphatic carbocycles. The number of aromatic nitrogens is 4. The normalized spacial score (nSPS) is 11.0. The van der Waals surface area contributed by atoms with Gasteiger partial charge in [0.1, 0.15) is 11.3 Å². The number of imidazole rings is 1. The molecule has 0 amide bonds. The fraction of sp³-hybridized carbons (Fsp3) is 0.250. The van der Waals surface area contributed by atoms with Gasteiger partial charge in [-0.15, -0.1) is 0 Å². The highest BCUT2D eigenvalue weighted by Crippen LogP contribution is 2.18. The van der Waals surface area contributed by atoms with Crippen LogP contribution in [0.4, 0.5) is 0 Å². The monoisotopic (exact) mass is 328 g/mol. The van der Waals surface area contributed by atoms with Gasteiger partial charge in [-0.25, -0.2) is 14.6 Å². The molecule has 2 heterocycles. The van der Waals surface area contributed by atoms with E-state index in [1.165, 1.54) is 12.1 Å². The number of rotatable bonds is 5. The van der Waals surface area contributed by atoms with Gasteiger partial charge in [0, 0.05) is 12.1 Å². The minimum absolute atomic E-state index is 0.158. The first-order valence-corrected chi connectivity index (χ1v) is 7.58. The molecule has 2 aromatic heterocycles. The van der Waals surface area contributed by atoms with Gasteiger partial charge < -0.3 is 10.1 Å². The maximum absolute atomic E-state index is 12.4. The smallest absolute Gasteiger partial charge is 0.335 e. The molecule has 0 aliphatic heterocycles. The van der Waals surface area contributed by atoms with Gasteiger partial charge in [-0.1, -0.05) is 25.5 Å². The van der Waals surface area contributed by atoms with Crippen molar-refractivity contribution in [3.63, 3.8) is 0 Å². The molecule has 0 bridgehead atoms. The van der Waals surface area contributed by atoms with Crippen molar-refractivity contribution in [3.05, 3.63) is 50.7 Å². The molecule has 0 saturated carbocycles. The summed E-state index contributed by atoms with van der Waals surface area (Å²) in [4.78, 5) is 45.1. The Balaban J connectivity index is 2.08. The third kappa shape index (κ3) is 2.73. The molecule has 0 spiro atoms. The molecule has 0 radical (unpaired) electrons. The summed E-state index contributed by atoms with van der Waals surface area (Å²) in [6, 6.07) is 6.09. The van der Waals surface area contributed by atoms with Crippen molar-refractivity contribution in [2.75, 3.05) is 0 Å². The number of carbonyl (C=O) groups is 1. The summed E-state index contributed by atoms with van der Waals surface area (Å²) in [5.41, 5.74) is 0.295. The minimum Gasteiger partial charge on any atom is -0.478 e. The van der Waals surface area contributed by atoms with Gasteiger partial charge in [-0.2, -0.15) is 0 Å². The molecule has 3 rings (SSSR count). The van der Waals surface area contributed by atoms with Crippen molar-refractivity contribution in [1.82, 2.24) is 19.5 Å². The summed E-state index contributed by atoms with van der Waals surface area (Å²) >= 11 is 0. The van der Waals surface area contributed by atoms with E-state index in [2.05, 4.69) is 15.0 Å². The van der Waals surface area contributed by atoms with E-state index in [9.17, 15) is 14.4 Å². The molecule has 0 atom stereocenters. The van der Waals surface area contributed by atoms with E-state index in [0.717, 1.165) is 17.4 Å². The number of unbranched alkanes of at least 4 members (excludes halogenated alkanes) is 1. The highest BCUT2D eigenvalue weighted by Gasteiger charge is 2.13. The Hall–Kier alpha value is -3.16. The fourth-order valence-corrected chi connectivity index (χ4v) is 2.44. The summed E-state index contributed by atoms with van der Waals surface area (Å²) < 4.78 is 1.15.